The number of likely N-dealkylation sites (tertiary alicyclic amines) is 1. The van der Waals surface area contributed by atoms with Gasteiger partial charge in [0.15, 0.2) is 0 Å². The summed E-state index contributed by atoms with van der Waals surface area (Å²) in [4.78, 5) is 25.8. The van der Waals surface area contributed by atoms with Gasteiger partial charge in [-0.15, -0.1) is 0 Å². The Kier molecular flexibility index (Phi) is 3.59. The molecule has 3 aromatic heterocycles. The number of fused-ring (bicyclic) bond motifs is 3. The minimum Gasteiger partial charge on any atom is -0.342 e. The average molecular weight is 349 g/mol. The molecule has 4 heterocycles. The van der Waals surface area contributed by atoms with Crippen LogP contribution in [0.25, 0.3) is 16.8 Å². The molecule has 1 saturated heterocycles. The molecule has 0 N–H and O–H groups in total. The first-order chi connectivity index (χ1) is 11.9. The van der Waals surface area contributed by atoms with Crippen LogP contribution in [0, 0.1) is 0 Å². The molecule has 25 heavy (non-hydrogen) atoms. The van der Waals surface area contributed by atoms with E-state index in [9.17, 15) is 18.0 Å². The van der Waals surface area contributed by atoms with E-state index in [2.05, 4.69) is 15.0 Å². The molecule has 0 spiro atoms. The third-order valence-electron chi connectivity index (χ3n) is 4.48. The van der Waals surface area contributed by atoms with Crippen molar-refractivity contribution in [1.82, 2.24) is 24.3 Å². The zero-order valence-corrected chi connectivity index (χ0v) is 13.1. The first-order valence-electron chi connectivity index (χ1n) is 7.83. The van der Waals surface area contributed by atoms with Gasteiger partial charge in [-0.05, 0) is 18.1 Å². The molecule has 9 heteroatoms. The Bertz CT molecular complexity index is 952. The quantitative estimate of drug-likeness (QED) is 0.713. The zero-order chi connectivity index (χ0) is 17.6. The number of amides is 1. The van der Waals surface area contributed by atoms with E-state index in [1.165, 1.54) is 4.90 Å². The number of rotatable bonds is 2. The van der Waals surface area contributed by atoms with Crippen molar-refractivity contribution in [2.75, 3.05) is 13.1 Å². The predicted octanol–water partition coefficient (Wildman–Crippen LogP) is 2.55. The van der Waals surface area contributed by atoms with Gasteiger partial charge in [0.1, 0.15) is 11.9 Å². The van der Waals surface area contributed by atoms with Gasteiger partial charge >= 0.3 is 6.18 Å². The summed E-state index contributed by atoms with van der Waals surface area (Å²) >= 11 is 0. The minimum atomic E-state index is -4.48. The highest BCUT2D eigenvalue weighted by Crippen LogP contribution is 2.33. The van der Waals surface area contributed by atoms with E-state index < -0.39 is 18.5 Å². The smallest absolute Gasteiger partial charge is 0.342 e. The van der Waals surface area contributed by atoms with Crippen LogP contribution in [0.15, 0.2) is 30.9 Å². The number of hydrogen-bond acceptors (Lipinski definition) is 4. The Labute approximate surface area is 140 Å². The second kappa shape index (κ2) is 5.68. The van der Waals surface area contributed by atoms with Gasteiger partial charge in [-0.1, -0.05) is 0 Å². The molecule has 0 aliphatic carbocycles. The van der Waals surface area contributed by atoms with E-state index in [0.717, 1.165) is 11.1 Å². The summed E-state index contributed by atoms with van der Waals surface area (Å²) in [7, 11) is 0. The molecule has 1 unspecified atom stereocenters. The van der Waals surface area contributed by atoms with Crippen LogP contribution in [0.1, 0.15) is 24.3 Å². The van der Waals surface area contributed by atoms with Crippen LogP contribution < -0.4 is 0 Å². The largest absolute Gasteiger partial charge is 0.397 e. The second-order valence-electron chi connectivity index (χ2n) is 6.11. The summed E-state index contributed by atoms with van der Waals surface area (Å²) in [5.41, 5.74) is 2.46. The predicted molar refractivity (Wildman–Crippen MR) is 82.9 cm³/mol. The van der Waals surface area contributed by atoms with E-state index in [1.54, 1.807) is 24.8 Å². The van der Waals surface area contributed by atoms with Crippen LogP contribution in [-0.2, 0) is 4.79 Å². The van der Waals surface area contributed by atoms with Gasteiger partial charge in [0.05, 0.1) is 11.7 Å². The van der Waals surface area contributed by atoms with Crippen LogP contribution in [0.4, 0.5) is 13.2 Å². The van der Waals surface area contributed by atoms with Gasteiger partial charge < -0.3 is 4.90 Å². The first-order valence-corrected chi connectivity index (χ1v) is 7.83. The van der Waals surface area contributed by atoms with E-state index in [-0.39, 0.29) is 12.5 Å². The lowest BCUT2D eigenvalue weighted by Gasteiger charge is -2.18. The summed E-state index contributed by atoms with van der Waals surface area (Å²) < 4.78 is 39.2. The number of carbonyl (C=O) groups is 1. The molecule has 4 rings (SSSR count). The molecule has 1 amide bonds. The summed E-state index contributed by atoms with van der Waals surface area (Å²) in [5, 5.41) is 0. The van der Waals surface area contributed by atoms with E-state index in [0.29, 0.717) is 24.3 Å². The maximum Gasteiger partial charge on any atom is 0.397 e. The number of carbonyl (C=O) groups excluding carboxylic acids is 1. The normalized spacial score (nSPS) is 18.4. The van der Waals surface area contributed by atoms with Gasteiger partial charge in [-0.3, -0.25) is 14.2 Å². The van der Waals surface area contributed by atoms with Crippen LogP contribution in [0.5, 0.6) is 0 Å². The van der Waals surface area contributed by atoms with Crippen LogP contribution in [0.2, 0.25) is 0 Å². The molecule has 1 atom stereocenters. The van der Waals surface area contributed by atoms with Crippen molar-refractivity contribution in [3.63, 3.8) is 0 Å². The van der Waals surface area contributed by atoms with Gasteiger partial charge in [-0.25, -0.2) is 9.97 Å². The van der Waals surface area contributed by atoms with Crippen molar-refractivity contribution in [1.29, 1.82) is 0 Å². The summed E-state index contributed by atoms with van der Waals surface area (Å²) in [6.07, 6.45) is 1.41. The number of pyridine rings is 1. The Morgan fingerprint density at radius 1 is 1.24 bits per heavy atom. The third kappa shape index (κ3) is 2.90. The molecule has 0 aromatic carbocycles. The molecule has 1 aliphatic rings. The zero-order valence-electron chi connectivity index (χ0n) is 13.1. The maximum absolute atomic E-state index is 12.5. The molecular formula is C16H14F3N5O. The number of hydrogen-bond donors (Lipinski definition) is 0. The van der Waals surface area contributed by atoms with Crippen LogP contribution in [0.3, 0.4) is 0 Å². The maximum atomic E-state index is 12.5. The highest BCUT2D eigenvalue weighted by molar-refractivity contribution is 5.81. The molecule has 0 bridgehead atoms. The fraction of sp³-hybridized carbons (Fsp3) is 0.375. The number of halogens is 3. The molecule has 6 nitrogen and oxygen atoms in total. The van der Waals surface area contributed by atoms with Crippen LogP contribution >= 0.6 is 0 Å². The fourth-order valence-corrected chi connectivity index (χ4v) is 3.38. The third-order valence-corrected chi connectivity index (χ3v) is 4.48. The summed E-state index contributed by atoms with van der Waals surface area (Å²) in [5.74, 6) is -0.386. The number of aromatic nitrogens is 4. The lowest BCUT2D eigenvalue weighted by molar-refractivity contribution is -0.160. The molecule has 1 fully saturated rings. The van der Waals surface area contributed by atoms with E-state index >= 15 is 0 Å². The molecular weight excluding hydrogens is 335 g/mol. The van der Waals surface area contributed by atoms with Gasteiger partial charge in [-0.2, -0.15) is 13.2 Å². The van der Waals surface area contributed by atoms with Crippen LogP contribution in [-0.4, -0.2) is 49.4 Å². The standard InChI is InChI=1S/C16H14F3N5O/c17-16(18,19)7-13(25)23-5-2-10(9-23)11-1-3-20-12-8-22-15-21-4-6-24(15)14(11)12/h1,3-4,6,8,10H,2,5,7,9H2. The van der Waals surface area contributed by atoms with Gasteiger partial charge in [0.2, 0.25) is 11.7 Å². The Balaban J connectivity index is 1.67. The Hall–Kier alpha value is -2.71. The lowest BCUT2D eigenvalue weighted by Crippen LogP contribution is -2.32. The lowest BCUT2D eigenvalue weighted by atomic mass is 9.98. The first kappa shape index (κ1) is 15.8. The summed E-state index contributed by atoms with van der Waals surface area (Å²) in [6.45, 7) is 0.591. The highest BCUT2D eigenvalue weighted by Gasteiger charge is 2.36. The number of nitrogens with zero attached hydrogens (tertiary/aromatic N) is 5. The van der Waals surface area contributed by atoms with Gasteiger partial charge in [0, 0.05) is 37.6 Å². The summed E-state index contributed by atoms with van der Waals surface area (Å²) in [6, 6.07) is 1.85. The molecule has 0 radical (unpaired) electrons. The van der Waals surface area contributed by atoms with Crippen molar-refractivity contribution in [2.45, 2.75) is 24.9 Å². The SMILES string of the molecule is O=C(CC(F)(F)F)N1CCC(c2ccnc3cnc4nccn4c23)C1. The topological polar surface area (TPSA) is 63.4 Å². The minimum absolute atomic E-state index is 0.0457. The van der Waals surface area contributed by atoms with Crippen molar-refractivity contribution in [3.8, 4) is 0 Å². The van der Waals surface area contributed by atoms with E-state index in [1.807, 2.05) is 10.5 Å². The number of imidazole rings is 1. The monoisotopic (exact) mass is 349 g/mol. The Morgan fingerprint density at radius 3 is 2.88 bits per heavy atom. The highest BCUT2D eigenvalue weighted by atomic mass is 19.4. The van der Waals surface area contributed by atoms with Crippen molar-refractivity contribution in [3.05, 3.63) is 36.4 Å². The van der Waals surface area contributed by atoms with Crippen molar-refractivity contribution < 1.29 is 18.0 Å². The van der Waals surface area contributed by atoms with E-state index in [4.69, 9.17) is 0 Å². The average Bonchev–Trinajstić information content (AvgIpc) is 3.22. The van der Waals surface area contributed by atoms with Crippen molar-refractivity contribution in [2.24, 2.45) is 0 Å². The fourth-order valence-electron chi connectivity index (χ4n) is 3.38. The van der Waals surface area contributed by atoms with Gasteiger partial charge in [0.25, 0.3) is 0 Å². The second-order valence-corrected chi connectivity index (χ2v) is 6.11. The Morgan fingerprint density at radius 2 is 2.08 bits per heavy atom. The molecule has 130 valence electrons. The number of alkyl halides is 3. The van der Waals surface area contributed by atoms with Crippen molar-refractivity contribution >= 4 is 22.7 Å². The molecule has 3 aromatic rings. The molecule has 0 saturated carbocycles. The molecule has 1 aliphatic heterocycles.